The Morgan fingerprint density at radius 3 is 1.56 bits per heavy atom. The van der Waals surface area contributed by atoms with Crippen molar-refractivity contribution >= 4 is 5.97 Å². The van der Waals surface area contributed by atoms with Gasteiger partial charge in [0.2, 0.25) is 0 Å². The zero-order valence-electron chi connectivity index (χ0n) is 26.4. The van der Waals surface area contributed by atoms with Gasteiger partial charge < -0.3 is 9.84 Å². The number of unbranched alkanes of at least 4 members (excludes halogenated alkanes) is 20. The van der Waals surface area contributed by atoms with Crippen LogP contribution in [0.2, 0.25) is 0 Å². The van der Waals surface area contributed by atoms with Crippen molar-refractivity contribution in [1.29, 1.82) is 0 Å². The predicted octanol–water partition coefficient (Wildman–Crippen LogP) is 11.6. The van der Waals surface area contributed by atoms with Gasteiger partial charge in [-0.15, -0.1) is 0 Å². The first-order chi connectivity index (χ1) is 19.2. The fourth-order valence-electron chi connectivity index (χ4n) is 4.97. The summed E-state index contributed by atoms with van der Waals surface area (Å²) in [5, 5.41) is 9.98. The molecule has 0 saturated carbocycles. The Labute approximate surface area is 244 Å². The Balaban J connectivity index is 3.29. The van der Waals surface area contributed by atoms with E-state index < -0.39 is 0 Å². The molecule has 0 unspecified atom stereocenters. The zero-order valence-corrected chi connectivity index (χ0v) is 26.4. The summed E-state index contributed by atoms with van der Waals surface area (Å²) in [5.74, 6) is -0.00880. The number of carbonyl (C=O) groups is 1. The lowest BCUT2D eigenvalue weighted by molar-refractivity contribution is -0.143. The van der Waals surface area contributed by atoms with E-state index in [4.69, 9.17) is 4.74 Å². The van der Waals surface area contributed by atoms with Crippen LogP contribution in [0.25, 0.3) is 0 Å². The molecule has 230 valence electrons. The second kappa shape index (κ2) is 33.1. The van der Waals surface area contributed by atoms with Gasteiger partial charge in [-0.25, -0.2) is 0 Å². The van der Waals surface area contributed by atoms with Crippen molar-refractivity contribution in [2.24, 2.45) is 0 Å². The van der Waals surface area contributed by atoms with E-state index in [1.807, 2.05) is 0 Å². The molecule has 1 atom stereocenters. The van der Waals surface area contributed by atoms with Crippen molar-refractivity contribution < 1.29 is 14.6 Å². The first-order valence-corrected chi connectivity index (χ1v) is 17.3. The smallest absolute Gasteiger partial charge is 0.305 e. The van der Waals surface area contributed by atoms with Gasteiger partial charge in [0.15, 0.2) is 0 Å². The van der Waals surface area contributed by atoms with Gasteiger partial charge in [0.05, 0.1) is 12.7 Å². The van der Waals surface area contributed by atoms with Gasteiger partial charge in [0, 0.05) is 6.42 Å². The average molecular weight is 549 g/mol. The van der Waals surface area contributed by atoms with Gasteiger partial charge in [-0.2, -0.15) is 0 Å². The molecule has 0 aliphatic heterocycles. The van der Waals surface area contributed by atoms with E-state index in [2.05, 4.69) is 38.2 Å². The van der Waals surface area contributed by atoms with E-state index in [1.165, 1.54) is 116 Å². The molecule has 1 N–H and O–H groups in total. The molecule has 0 rings (SSSR count). The maximum atomic E-state index is 11.9. The minimum atomic E-state index is -0.158. The molecule has 0 bridgehead atoms. The summed E-state index contributed by atoms with van der Waals surface area (Å²) in [6.45, 7) is 5.08. The van der Waals surface area contributed by atoms with E-state index in [0.29, 0.717) is 13.0 Å². The largest absolute Gasteiger partial charge is 0.466 e. The molecule has 0 amide bonds. The summed E-state index contributed by atoms with van der Waals surface area (Å²) in [5.41, 5.74) is 0. The average Bonchev–Trinajstić information content (AvgIpc) is 2.93. The number of aliphatic hydroxyl groups excluding tert-OH is 1. The Bertz CT molecular complexity index is 539. The third-order valence-electron chi connectivity index (χ3n) is 7.64. The number of hydrogen-bond donors (Lipinski definition) is 1. The van der Waals surface area contributed by atoms with Crippen molar-refractivity contribution in [1.82, 2.24) is 0 Å². The highest BCUT2D eigenvalue weighted by atomic mass is 16.5. The number of esters is 1. The Kier molecular flexibility index (Phi) is 32.2. The number of allylic oxidation sites excluding steroid dienone is 3. The van der Waals surface area contributed by atoms with E-state index in [0.717, 1.165) is 51.4 Å². The molecule has 0 fully saturated rings. The highest BCUT2D eigenvalue weighted by Gasteiger charge is 2.03. The summed E-state index contributed by atoms with van der Waals surface area (Å²) in [6, 6.07) is 0. The van der Waals surface area contributed by atoms with Crippen LogP contribution in [0.3, 0.4) is 0 Å². The molecular weight excluding hydrogens is 480 g/mol. The quantitative estimate of drug-likeness (QED) is 0.0532. The summed E-state index contributed by atoms with van der Waals surface area (Å²) >= 11 is 0. The van der Waals surface area contributed by atoms with E-state index >= 15 is 0 Å². The van der Waals surface area contributed by atoms with Crippen molar-refractivity contribution in [3.8, 4) is 0 Å². The lowest BCUT2D eigenvalue weighted by Gasteiger charge is -2.07. The highest BCUT2D eigenvalue weighted by Crippen LogP contribution is 2.12. The van der Waals surface area contributed by atoms with Gasteiger partial charge in [-0.05, 0) is 64.2 Å². The summed E-state index contributed by atoms with van der Waals surface area (Å²) < 4.78 is 5.41. The first-order valence-electron chi connectivity index (χ1n) is 17.3. The number of hydrogen-bond acceptors (Lipinski definition) is 3. The maximum absolute atomic E-state index is 11.9. The van der Waals surface area contributed by atoms with Crippen molar-refractivity contribution in [3.63, 3.8) is 0 Å². The van der Waals surface area contributed by atoms with Crippen molar-refractivity contribution in [2.45, 2.75) is 193 Å². The third kappa shape index (κ3) is 33.0. The van der Waals surface area contributed by atoms with Gasteiger partial charge in [0.1, 0.15) is 0 Å². The van der Waals surface area contributed by atoms with Crippen molar-refractivity contribution in [3.05, 3.63) is 24.3 Å². The van der Waals surface area contributed by atoms with Crippen LogP contribution in [-0.2, 0) is 9.53 Å². The molecule has 0 aromatic rings. The number of ether oxygens (including phenoxy) is 1. The van der Waals surface area contributed by atoms with E-state index in [1.54, 1.807) is 0 Å². The molecule has 0 heterocycles. The third-order valence-corrected chi connectivity index (χ3v) is 7.64. The molecule has 3 nitrogen and oxygen atoms in total. The Hall–Kier alpha value is -1.09. The molecular formula is C36H68O3. The van der Waals surface area contributed by atoms with E-state index in [-0.39, 0.29) is 12.1 Å². The lowest BCUT2D eigenvalue weighted by atomic mass is 10.1. The lowest BCUT2D eigenvalue weighted by Crippen LogP contribution is -2.05. The molecule has 3 heteroatoms. The normalized spacial score (nSPS) is 12.6. The van der Waals surface area contributed by atoms with Gasteiger partial charge in [-0.1, -0.05) is 141 Å². The predicted molar refractivity (Wildman–Crippen MR) is 171 cm³/mol. The minimum absolute atomic E-state index is 0.00880. The fourth-order valence-corrected chi connectivity index (χ4v) is 4.97. The van der Waals surface area contributed by atoms with Crippen LogP contribution in [0.1, 0.15) is 187 Å². The van der Waals surface area contributed by atoms with E-state index in [9.17, 15) is 9.90 Å². The molecule has 39 heavy (non-hydrogen) atoms. The molecule has 0 aliphatic rings. The van der Waals surface area contributed by atoms with Crippen molar-refractivity contribution in [2.75, 3.05) is 6.61 Å². The Morgan fingerprint density at radius 2 is 1.00 bits per heavy atom. The van der Waals surface area contributed by atoms with Crippen LogP contribution in [0.15, 0.2) is 24.3 Å². The molecule has 0 saturated heterocycles. The first kappa shape index (κ1) is 37.9. The van der Waals surface area contributed by atoms with Crippen LogP contribution >= 0.6 is 0 Å². The topological polar surface area (TPSA) is 46.5 Å². The van der Waals surface area contributed by atoms with Crippen LogP contribution in [0, 0.1) is 0 Å². The molecule has 0 aromatic heterocycles. The number of carbonyl (C=O) groups excluding carboxylic acids is 1. The fraction of sp³-hybridized carbons (Fsp3) is 0.861. The van der Waals surface area contributed by atoms with Crippen LogP contribution in [-0.4, -0.2) is 23.8 Å². The van der Waals surface area contributed by atoms with Crippen LogP contribution in [0.5, 0.6) is 0 Å². The monoisotopic (exact) mass is 549 g/mol. The molecule has 0 radical (unpaired) electrons. The van der Waals surface area contributed by atoms with Gasteiger partial charge >= 0.3 is 5.97 Å². The minimum Gasteiger partial charge on any atom is -0.466 e. The zero-order chi connectivity index (χ0) is 28.5. The molecule has 0 aliphatic carbocycles. The second-order valence-corrected chi connectivity index (χ2v) is 11.7. The Morgan fingerprint density at radius 1 is 0.564 bits per heavy atom. The molecule has 0 spiro atoms. The SMILES string of the molecule is CCCCCCCCC=CCCCCCCCC(=O)OCCCCCCCCC=CC[C@H](O)CCCCCC. The maximum Gasteiger partial charge on any atom is 0.305 e. The summed E-state index contributed by atoms with van der Waals surface area (Å²) in [6.07, 6.45) is 41.1. The summed E-state index contributed by atoms with van der Waals surface area (Å²) in [4.78, 5) is 11.9. The number of rotatable bonds is 31. The molecule has 0 aromatic carbocycles. The second-order valence-electron chi connectivity index (χ2n) is 11.7. The van der Waals surface area contributed by atoms with Gasteiger partial charge in [0.25, 0.3) is 0 Å². The van der Waals surface area contributed by atoms with Crippen LogP contribution < -0.4 is 0 Å². The highest BCUT2D eigenvalue weighted by molar-refractivity contribution is 5.69. The number of aliphatic hydroxyl groups is 1. The van der Waals surface area contributed by atoms with Crippen LogP contribution in [0.4, 0.5) is 0 Å². The van der Waals surface area contributed by atoms with Gasteiger partial charge in [-0.3, -0.25) is 4.79 Å². The summed E-state index contributed by atoms with van der Waals surface area (Å²) in [7, 11) is 0. The standard InChI is InChI=1S/C36H68O3/c1-3-5-7-9-10-11-12-13-14-15-16-19-22-25-29-33-36(38)39-34-30-26-23-20-17-18-21-24-28-32-35(37)31-27-8-6-4-2/h13-14,24,28,35,37H,3-12,15-23,25-27,29-34H2,1-2H3/t35-/m1/s1.